The molecule has 1 fully saturated rings. The molecule has 0 spiro atoms. The summed E-state index contributed by atoms with van der Waals surface area (Å²) in [5, 5.41) is 22.7. The monoisotopic (exact) mass is 677 g/mol. The highest BCUT2D eigenvalue weighted by Crippen LogP contribution is 2.43. The number of nitro benzene ring substituents is 1. The van der Waals surface area contributed by atoms with Crippen molar-refractivity contribution >= 4 is 50.8 Å². The maximum atomic E-state index is 11.5. The lowest BCUT2D eigenvalue weighted by Crippen LogP contribution is -2.46. The van der Waals surface area contributed by atoms with Crippen LogP contribution in [0.5, 0.6) is 0 Å². The van der Waals surface area contributed by atoms with Crippen LogP contribution < -0.4 is 4.98 Å². The van der Waals surface area contributed by atoms with Crippen molar-refractivity contribution < 1.29 is 23.9 Å². The zero-order valence-corrected chi connectivity index (χ0v) is 30.9. The number of aliphatic hydroxyl groups excluding tert-OH is 1. The van der Waals surface area contributed by atoms with E-state index in [2.05, 4.69) is 77.7 Å². The van der Waals surface area contributed by atoms with Crippen LogP contribution in [0.3, 0.4) is 0 Å². The average molecular weight is 678 g/mol. The second-order valence-electron chi connectivity index (χ2n) is 14.9. The molecule has 1 aliphatic rings. The zero-order valence-electron chi connectivity index (χ0n) is 28.1. The van der Waals surface area contributed by atoms with E-state index in [4.69, 9.17) is 30.5 Å². The molecule has 2 N–H and O–H groups in total. The molecule has 1 saturated heterocycles. The summed E-state index contributed by atoms with van der Waals surface area (Å²) in [5.74, 6) is 0.441. The number of nitro groups is 1. The smallest absolute Gasteiger partial charge is 0.274 e. The van der Waals surface area contributed by atoms with Gasteiger partial charge in [0, 0.05) is 24.2 Å². The number of hydrogen-bond donors (Lipinski definition) is 2. The summed E-state index contributed by atoms with van der Waals surface area (Å²) < 4.78 is 21.1. The zero-order chi connectivity index (χ0) is 33.5. The highest BCUT2D eigenvalue weighted by atomic mass is 35.5. The highest BCUT2D eigenvalue weighted by Gasteiger charge is 2.45. The lowest BCUT2D eigenvalue weighted by atomic mass is 10.2. The van der Waals surface area contributed by atoms with Crippen molar-refractivity contribution in [1.29, 1.82) is 0 Å². The highest BCUT2D eigenvalue weighted by molar-refractivity contribution is 6.82. The van der Waals surface area contributed by atoms with Gasteiger partial charge in [-0.15, -0.1) is 0 Å². The molecule has 45 heavy (non-hydrogen) atoms. The van der Waals surface area contributed by atoms with E-state index in [9.17, 15) is 15.2 Å². The van der Waals surface area contributed by atoms with E-state index < -0.39 is 33.8 Å². The van der Waals surface area contributed by atoms with Crippen LogP contribution in [0.25, 0.3) is 11.0 Å². The number of anilines is 1. The molecule has 0 amide bonds. The van der Waals surface area contributed by atoms with Gasteiger partial charge >= 0.3 is 0 Å². The van der Waals surface area contributed by atoms with Gasteiger partial charge in [-0.25, -0.2) is 4.98 Å². The van der Waals surface area contributed by atoms with Crippen LogP contribution in [0.2, 0.25) is 41.4 Å². The Morgan fingerprint density at radius 3 is 2.33 bits per heavy atom. The number of aromatic nitrogens is 3. The third kappa shape index (κ3) is 7.61. The summed E-state index contributed by atoms with van der Waals surface area (Å²) in [5.41, 5.74) is 1.79. The molecule has 0 radical (unpaired) electrons. The average Bonchev–Trinajstić information content (AvgIpc) is 3.48. The Labute approximate surface area is 273 Å². The summed E-state index contributed by atoms with van der Waals surface area (Å²) in [6.07, 6.45) is 1.15. The van der Waals surface area contributed by atoms with Crippen LogP contribution in [-0.2, 0) is 27.1 Å². The molecule has 1 aromatic carbocycles. The minimum absolute atomic E-state index is 0.00446. The van der Waals surface area contributed by atoms with E-state index >= 15 is 0 Å². The summed E-state index contributed by atoms with van der Waals surface area (Å²) in [6, 6.07) is 6.52. The van der Waals surface area contributed by atoms with Crippen molar-refractivity contribution in [1.82, 2.24) is 14.5 Å². The van der Waals surface area contributed by atoms with Gasteiger partial charge in [0.2, 0.25) is 5.95 Å². The number of halogens is 1. The van der Waals surface area contributed by atoms with E-state index in [1.54, 1.807) is 18.2 Å². The Balaban J connectivity index is 1.72. The predicted octanol–water partition coefficient (Wildman–Crippen LogP) is 7.80. The van der Waals surface area contributed by atoms with Crippen molar-refractivity contribution in [2.45, 2.75) is 116 Å². The molecule has 4 rings (SSSR count). The lowest BCUT2D eigenvalue weighted by molar-refractivity contribution is -0.386. The lowest BCUT2D eigenvalue weighted by Gasteiger charge is -2.39. The fraction of sp³-hybridized carbons (Fsp3) is 0.613. The summed E-state index contributed by atoms with van der Waals surface area (Å²) in [4.78, 5) is 24.3. The van der Waals surface area contributed by atoms with Crippen LogP contribution in [0.1, 0.15) is 65.3 Å². The number of para-hydroxylation sites is 1. The SMILES string of the molecule is CC(C)(C)[Si](C)(C)Nc1nc(Cl)c2c(COCc3ccccc3[N+](=O)[O-])cn([C@H]3C[C@@H](O[Si](C)(C)C(C)(C)C)[C@@H](CO)O3)c2n1. The molecular weight excluding hydrogens is 630 g/mol. The van der Waals surface area contributed by atoms with Crippen LogP contribution in [0.15, 0.2) is 30.5 Å². The van der Waals surface area contributed by atoms with Gasteiger partial charge in [0.05, 0.1) is 41.8 Å². The van der Waals surface area contributed by atoms with Gasteiger partial charge in [-0.2, -0.15) is 4.98 Å². The van der Waals surface area contributed by atoms with Crippen molar-refractivity contribution in [2.24, 2.45) is 0 Å². The molecule has 3 aromatic rings. The first-order chi connectivity index (χ1) is 20.8. The van der Waals surface area contributed by atoms with Crippen molar-refractivity contribution in [3.8, 4) is 0 Å². The van der Waals surface area contributed by atoms with E-state index in [0.717, 1.165) is 5.56 Å². The third-order valence-electron chi connectivity index (χ3n) is 9.63. The summed E-state index contributed by atoms with van der Waals surface area (Å²) in [7, 11) is -4.20. The molecule has 3 heterocycles. The number of nitrogens with one attached hydrogen (secondary N) is 1. The topological polar surface area (TPSA) is 134 Å². The Kier molecular flexibility index (Phi) is 10.3. The molecule has 11 nitrogen and oxygen atoms in total. The van der Waals surface area contributed by atoms with Gasteiger partial charge in [-0.05, 0) is 29.2 Å². The second-order valence-corrected chi connectivity index (χ2v) is 25.1. The number of benzene rings is 1. The van der Waals surface area contributed by atoms with Crippen LogP contribution >= 0.6 is 11.6 Å². The van der Waals surface area contributed by atoms with Crippen molar-refractivity contribution in [2.75, 3.05) is 11.6 Å². The number of rotatable bonds is 11. The number of aliphatic hydroxyl groups is 1. The fourth-order valence-corrected chi connectivity index (χ4v) is 7.52. The Bertz CT molecular complexity index is 1540. The van der Waals surface area contributed by atoms with Crippen molar-refractivity contribution in [3.05, 3.63) is 56.9 Å². The molecule has 3 atom stereocenters. The van der Waals surface area contributed by atoms with Crippen LogP contribution in [0.4, 0.5) is 11.6 Å². The fourth-order valence-electron chi connectivity index (χ4n) is 4.83. The van der Waals surface area contributed by atoms with Gasteiger partial charge < -0.3 is 28.6 Å². The van der Waals surface area contributed by atoms with Gasteiger partial charge in [0.15, 0.2) is 16.6 Å². The first kappa shape index (κ1) is 35.5. The first-order valence-electron chi connectivity index (χ1n) is 15.3. The predicted molar refractivity (Wildman–Crippen MR) is 183 cm³/mol. The minimum atomic E-state index is -2.15. The molecule has 0 aliphatic carbocycles. The van der Waals surface area contributed by atoms with Gasteiger partial charge in [0.1, 0.15) is 23.1 Å². The molecule has 1 aliphatic heterocycles. The summed E-state index contributed by atoms with van der Waals surface area (Å²) >= 11 is 6.88. The number of ether oxygens (including phenoxy) is 2. The Morgan fingerprint density at radius 2 is 1.73 bits per heavy atom. The van der Waals surface area contributed by atoms with Crippen LogP contribution in [-0.4, -0.2) is 59.9 Å². The molecule has 2 aromatic heterocycles. The third-order valence-corrected chi connectivity index (χ3v) is 19.0. The molecule has 248 valence electrons. The molecule has 14 heteroatoms. The maximum absolute atomic E-state index is 11.5. The normalized spacial score (nSPS) is 19.8. The largest absolute Gasteiger partial charge is 0.411 e. The standard InChI is InChI=1S/C31H48ClN5O6Si2/c1-30(2,3)44(7,8)35-29-33-27(32)26-21(19-41-18-20-13-11-12-14-22(20)37(39)40)16-36(28(26)34-29)25-15-23(24(17-38)42-25)43-45(9,10)31(4,5)6/h11-14,16,23-25,38H,15,17-19H2,1-10H3,(H,33,34,35)/t23-,24-,25-/m1/s1. The minimum Gasteiger partial charge on any atom is -0.411 e. The first-order valence-corrected chi connectivity index (χ1v) is 21.6. The van der Waals surface area contributed by atoms with Gasteiger partial charge in [-0.3, -0.25) is 10.1 Å². The van der Waals surface area contributed by atoms with E-state index in [1.807, 2.05) is 10.8 Å². The molecular formula is C31H48ClN5O6Si2. The van der Waals surface area contributed by atoms with E-state index in [-0.39, 0.29) is 46.8 Å². The Hall–Kier alpha value is -2.40. The van der Waals surface area contributed by atoms with E-state index in [0.29, 0.717) is 29.0 Å². The number of hydrogen-bond acceptors (Lipinski definition) is 9. The molecule has 0 bridgehead atoms. The number of nitrogens with zero attached hydrogens (tertiary/aromatic N) is 4. The van der Waals surface area contributed by atoms with Gasteiger partial charge in [-0.1, -0.05) is 78.4 Å². The molecule has 0 unspecified atom stereocenters. The van der Waals surface area contributed by atoms with Crippen molar-refractivity contribution in [3.63, 3.8) is 0 Å². The Morgan fingerprint density at radius 1 is 1.09 bits per heavy atom. The summed E-state index contributed by atoms with van der Waals surface area (Å²) in [6.45, 7) is 22.0. The van der Waals surface area contributed by atoms with Gasteiger partial charge in [0.25, 0.3) is 5.69 Å². The van der Waals surface area contributed by atoms with Crippen LogP contribution in [0, 0.1) is 10.1 Å². The quantitative estimate of drug-likeness (QED) is 0.0902. The molecule has 0 saturated carbocycles. The second kappa shape index (κ2) is 13.0. The van der Waals surface area contributed by atoms with E-state index in [1.165, 1.54) is 6.07 Å². The maximum Gasteiger partial charge on any atom is 0.274 e. The number of fused-ring (bicyclic) bond motifs is 1.